The Morgan fingerprint density at radius 1 is 0.962 bits per heavy atom. The molecule has 5 N–H and O–H groups in total. The van der Waals surface area contributed by atoms with Crippen molar-refractivity contribution in [3.8, 4) is 0 Å². The van der Waals surface area contributed by atoms with E-state index in [1.165, 1.54) is 24.3 Å². The smallest absolute Gasteiger partial charge is 0.336 e. The molecule has 0 spiro atoms. The first-order valence-electron chi connectivity index (χ1n) is 7.83. The van der Waals surface area contributed by atoms with Crippen molar-refractivity contribution >= 4 is 34.9 Å². The number of carbonyl (C=O) groups excluding carboxylic acids is 2. The predicted molar refractivity (Wildman–Crippen MR) is 96.0 cm³/mol. The van der Waals surface area contributed by atoms with Crippen molar-refractivity contribution in [2.75, 3.05) is 13.1 Å². The highest BCUT2D eigenvalue weighted by Crippen LogP contribution is 2.29. The summed E-state index contributed by atoms with van der Waals surface area (Å²) in [4.78, 5) is 46.3. The summed E-state index contributed by atoms with van der Waals surface area (Å²) in [7, 11) is 0. The number of rotatable bonds is 5. The summed E-state index contributed by atoms with van der Waals surface area (Å²) in [6.45, 7) is 4.66. The standard InChI is InChI=1S/C16H13NO6.C2H7N/c1-2-17-14(19)9-5-6-10(15(20)21)12-8(7-18)3-4-11(13(9)12)16(22)23;1-2-3/h3-7H,2H2,1H3,(H,17,19)(H,20,21)(H,22,23);2-3H2,1H3. The Morgan fingerprint density at radius 2 is 1.42 bits per heavy atom. The van der Waals surface area contributed by atoms with Crippen LogP contribution < -0.4 is 11.1 Å². The molecule has 0 saturated carbocycles. The molecule has 2 aromatic carbocycles. The normalized spacial score (nSPS) is 9.81. The molecule has 0 aliphatic carbocycles. The zero-order valence-electron chi connectivity index (χ0n) is 14.4. The fourth-order valence-electron chi connectivity index (χ4n) is 2.42. The Morgan fingerprint density at radius 3 is 1.88 bits per heavy atom. The molecule has 1 amide bonds. The second-order valence-corrected chi connectivity index (χ2v) is 5.11. The third kappa shape index (κ3) is 4.22. The molecule has 0 saturated heterocycles. The molecule has 0 bridgehead atoms. The molecular formula is C18H20N2O6. The lowest BCUT2D eigenvalue weighted by Crippen LogP contribution is -2.23. The highest BCUT2D eigenvalue weighted by atomic mass is 16.4. The summed E-state index contributed by atoms with van der Waals surface area (Å²) in [6, 6.07) is 4.85. The van der Waals surface area contributed by atoms with Crippen LogP contribution in [-0.2, 0) is 0 Å². The number of aldehydes is 1. The number of carboxylic acids is 2. The number of nitrogens with one attached hydrogen (secondary N) is 1. The monoisotopic (exact) mass is 360 g/mol. The molecule has 0 radical (unpaired) electrons. The van der Waals surface area contributed by atoms with Gasteiger partial charge in [-0.1, -0.05) is 13.0 Å². The average Bonchev–Trinajstić information content (AvgIpc) is 2.60. The maximum atomic E-state index is 12.2. The molecule has 138 valence electrons. The van der Waals surface area contributed by atoms with E-state index in [4.69, 9.17) is 5.73 Å². The van der Waals surface area contributed by atoms with Crippen LogP contribution >= 0.6 is 0 Å². The largest absolute Gasteiger partial charge is 0.478 e. The molecule has 0 aliphatic heterocycles. The zero-order valence-corrected chi connectivity index (χ0v) is 14.4. The Balaban J connectivity index is 0.00000105. The van der Waals surface area contributed by atoms with E-state index in [1.807, 2.05) is 6.92 Å². The van der Waals surface area contributed by atoms with Crippen molar-refractivity contribution in [2.45, 2.75) is 13.8 Å². The van der Waals surface area contributed by atoms with Crippen molar-refractivity contribution in [3.05, 3.63) is 46.5 Å². The Hall–Kier alpha value is -3.26. The van der Waals surface area contributed by atoms with Crippen molar-refractivity contribution in [1.29, 1.82) is 0 Å². The van der Waals surface area contributed by atoms with Crippen LogP contribution in [0.15, 0.2) is 24.3 Å². The van der Waals surface area contributed by atoms with Gasteiger partial charge in [0, 0.05) is 28.4 Å². The summed E-state index contributed by atoms with van der Waals surface area (Å²) in [5.41, 5.74) is 4.38. The molecule has 26 heavy (non-hydrogen) atoms. The lowest BCUT2D eigenvalue weighted by molar-refractivity contribution is 0.0686. The summed E-state index contributed by atoms with van der Waals surface area (Å²) in [5, 5.41) is 21.1. The number of carboxylic acid groups (broad SMARTS) is 2. The van der Waals surface area contributed by atoms with Gasteiger partial charge in [0.2, 0.25) is 0 Å². The highest BCUT2D eigenvalue weighted by molar-refractivity contribution is 6.21. The first kappa shape index (κ1) is 20.8. The Kier molecular flexibility index (Phi) is 7.42. The minimum absolute atomic E-state index is 0.00736. The fraction of sp³-hybridized carbons (Fsp3) is 0.222. The molecule has 2 rings (SSSR count). The second-order valence-electron chi connectivity index (χ2n) is 5.11. The van der Waals surface area contributed by atoms with Gasteiger partial charge >= 0.3 is 11.9 Å². The van der Waals surface area contributed by atoms with Gasteiger partial charge in [-0.15, -0.1) is 0 Å². The van der Waals surface area contributed by atoms with Gasteiger partial charge < -0.3 is 21.3 Å². The van der Waals surface area contributed by atoms with E-state index >= 15 is 0 Å². The number of amides is 1. The maximum Gasteiger partial charge on any atom is 0.336 e. The average molecular weight is 360 g/mol. The summed E-state index contributed by atoms with van der Waals surface area (Å²) in [5.74, 6) is -3.18. The summed E-state index contributed by atoms with van der Waals surface area (Å²) >= 11 is 0. The molecule has 0 atom stereocenters. The van der Waals surface area contributed by atoms with Crippen molar-refractivity contribution < 1.29 is 29.4 Å². The molecule has 0 aromatic heterocycles. The molecule has 0 fully saturated rings. The first-order chi connectivity index (χ1) is 12.3. The van der Waals surface area contributed by atoms with Gasteiger partial charge in [-0.05, 0) is 31.7 Å². The van der Waals surface area contributed by atoms with Crippen LogP contribution in [0.3, 0.4) is 0 Å². The minimum Gasteiger partial charge on any atom is -0.478 e. The van der Waals surface area contributed by atoms with E-state index in [0.29, 0.717) is 12.8 Å². The van der Waals surface area contributed by atoms with E-state index in [9.17, 15) is 29.4 Å². The highest BCUT2D eigenvalue weighted by Gasteiger charge is 2.22. The second kappa shape index (κ2) is 9.28. The number of benzene rings is 2. The van der Waals surface area contributed by atoms with Gasteiger partial charge in [-0.3, -0.25) is 9.59 Å². The predicted octanol–water partition coefficient (Wildman–Crippen LogP) is 1.76. The Bertz CT molecular complexity index is 860. The van der Waals surface area contributed by atoms with E-state index < -0.39 is 17.8 Å². The van der Waals surface area contributed by atoms with Gasteiger partial charge in [0.05, 0.1) is 11.1 Å². The van der Waals surface area contributed by atoms with Gasteiger partial charge in [0.15, 0.2) is 6.29 Å². The molecule has 2 aromatic rings. The minimum atomic E-state index is -1.32. The first-order valence-corrected chi connectivity index (χ1v) is 7.83. The zero-order chi connectivity index (χ0) is 19.9. The SMILES string of the molecule is CCN.CCNC(=O)c1ccc(C(=O)O)c2c(C=O)ccc(C(=O)O)c12. The molecule has 8 nitrogen and oxygen atoms in total. The summed E-state index contributed by atoms with van der Waals surface area (Å²) in [6.07, 6.45) is 0.432. The lowest BCUT2D eigenvalue weighted by atomic mass is 9.91. The van der Waals surface area contributed by atoms with Crippen LogP contribution in [0.4, 0.5) is 0 Å². The van der Waals surface area contributed by atoms with E-state index in [1.54, 1.807) is 6.92 Å². The number of aromatic carboxylic acids is 2. The van der Waals surface area contributed by atoms with Gasteiger partial charge in [-0.2, -0.15) is 0 Å². The fourth-order valence-corrected chi connectivity index (χ4v) is 2.42. The molecule has 0 heterocycles. The lowest BCUT2D eigenvalue weighted by Gasteiger charge is -2.13. The topological polar surface area (TPSA) is 147 Å². The maximum absolute atomic E-state index is 12.2. The number of hydrogen-bond donors (Lipinski definition) is 4. The van der Waals surface area contributed by atoms with Crippen LogP contribution in [0.5, 0.6) is 0 Å². The number of nitrogens with two attached hydrogens (primary N) is 1. The van der Waals surface area contributed by atoms with E-state index in [-0.39, 0.29) is 33.0 Å². The number of hydrogen-bond acceptors (Lipinski definition) is 5. The molecule has 8 heteroatoms. The van der Waals surface area contributed by atoms with Crippen molar-refractivity contribution in [2.24, 2.45) is 5.73 Å². The van der Waals surface area contributed by atoms with Crippen molar-refractivity contribution in [1.82, 2.24) is 5.32 Å². The van der Waals surface area contributed by atoms with Crippen LogP contribution in [0, 0.1) is 0 Å². The van der Waals surface area contributed by atoms with Crippen LogP contribution in [0.2, 0.25) is 0 Å². The summed E-state index contributed by atoms with van der Waals surface area (Å²) < 4.78 is 0. The third-order valence-corrected chi connectivity index (χ3v) is 3.36. The molecule has 0 aliphatic rings. The van der Waals surface area contributed by atoms with Gasteiger partial charge in [0.1, 0.15) is 0 Å². The number of fused-ring (bicyclic) bond motifs is 1. The molecule has 0 unspecified atom stereocenters. The van der Waals surface area contributed by atoms with Gasteiger partial charge in [0.25, 0.3) is 5.91 Å². The van der Waals surface area contributed by atoms with Crippen LogP contribution in [0.25, 0.3) is 10.8 Å². The van der Waals surface area contributed by atoms with E-state index in [0.717, 1.165) is 6.54 Å². The Labute approximate surface area is 149 Å². The molecular weight excluding hydrogens is 340 g/mol. The van der Waals surface area contributed by atoms with Crippen LogP contribution in [0.1, 0.15) is 55.3 Å². The number of carbonyl (C=O) groups is 4. The van der Waals surface area contributed by atoms with Crippen LogP contribution in [-0.4, -0.2) is 47.4 Å². The van der Waals surface area contributed by atoms with Crippen molar-refractivity contribution in [3.63, 3.8) is 0 Å². The van der Waals surface area contributed by atoms with E-state index in [2.05, 4.69) is 5.32 Å². The van der Waals surface area contributed by atoms with Gasteiger partial charge in [-0.25, -0.2) is 9.59 Å². The quantitative estimate of drug-likeness (QED) is 0.594. The third-order valence-electron chi connectivity index (χ3n) is 3.36.